The molecule has 1 spiro atoms. The fourth-order valence-electron chi connectivity index (χ4n) is 8.93. The molecule has 7 amide bonds. The quantitative estimate of drug-likeness (QED) is 0.276. The predicted molar refractivity (Wildman–Crippen MR) is 210 cm³/mol. The van der Waals surface area contributed by atoms with Crippen molar-refractivity contribution in [3.8, 4) is 0 Å². The van der Waals surface area contributed by atoms with Gasteiger partial charge in [0.25, 0.3) is 17.7 Å². The van der Waals surface area contributed by atoms with Gasteiger partial charge in [0.2, 0.25) is 11.8 Å². The number of rotatable bonds is 8. The summed E-state index contributed by atoms with van der Waals surface area (Å²) >= 11 is 0. The molecule has 2 atom stereocenters. The minimum Gasteiger partial charge on any atom is -0.371 e. The number of imide groups is 2. The first-order chi connectivity index (χ1) is 27.7. The van der Waals surface area contributed by atoms with Gasteiger partial charge in [-0.1, -0.05) is 12.1 Å². The Morgan fingerprint density at radius 1 is 0.931 bits per heavy atom. The summed E-state index contributed by atoms with van der Waals surface area (Å²) in [5.41, 5.74) is 8.10. The van der Waals surface area contributed by atoms with Crippen molar-refractivity contribution in [2.45, 2.75) is 68.3 Å². The highest BCUT2D eigenvalue weighted by Gasteiger charge is 2.46. The highest BCUT2D eigenvalue weighted by atomic mass is 32.2. The van der Waals surface area contributed by atoms with Crippen molar-refractivity contribution in [1.82, 2.24) is 30.4 Å². The molecule has 1 unspecified atom stereocenters. The largest absolute Gasteiger partial charge is 0.371 e. The molecule has 5 aliphatic rings. The Bertz CT molecular complexity index is 2330. The summed E-state index contributed by atoms with van der Waals surface area (Å²) in [6, 6.07) is 10.3. The van der Waals surface area contributed by atoms with Crippen LogP contribution in [0.5, 0.6) is 0 Å². The minimum absolute atomic E-state index is 0.0309. The molecule has 4 saturated heterocycles. The van der Waals surface area contributed by atoms with Gasteiger partial charge in [-0.25, -0.2) is 23.2 Å². The van der Waals surface area contributed by atoms with Crippen LogP contribution in [0, 0.1) is 5.41 Å². The first kappa shape index (κ1) is 38.9. The number of amides is 7. The molecule has 5 aliphatic heterocycles. The maximum absolute atomic E-state index is 13.6. The number of aromatic nitrogens is 2. The van der Waals surface area contributed by atoms with E-state index in [4.69, 9.17) is 10.7 Å². The van der Waals surface area contributed by atoms with Crippen LogP contribution in [0.3, 0.4) is 0 Å². The second-order valence-electron chi connectivity index (χ2n) is 16.1. The third kappa shape index (κ3) is 7.59. The third-order valence-corrected chi connectivity index (χ3v) is 13.3. The number of hydrogen-bond acceptors (Lipinski definition) is 12. The number of likely N-dealkylation sites (tertiary alicyclic amines) is 1. The van der Waals surface area contributed by atoms with Crippen LogP contribution in [0.2, 0.25) is 0 Å². The Kier molecular flexibility index (Phi) is 10.1. The van der Waals surface area contributed by atoms with Gasteiger partial charge >= 0.3 is 6.03 Å². The molecule has 8 rings (SSSR count). The van der Waals surface area contributed by atoms with Crippen LogP contribution < -0.4 is 26.2 Å². The van der Waals surface area contributed by atoms with Gasteiger partial charge in [-0.15, -0.1) is 0 Å². The number of piperidine rings is 3. The Balaban J connectivity index is 0.860. The Morgan fingerprint density at radius 3 is 2.36 bits per heavy atom. The van der Waals surface area contributed by atoms with Gasteiger partial charge in [0.05, 0.1) is 27.9 Å². The Morgan fingerprint density at radius 2 is 1.66 bits per heavy atom. The number of nitrogens with two attached hydrogens (primary N) is 1. The molecule has 4 N–H and O–H groups in total. The summed E-state index contributed by atoms with van der Waals surface area (Å²) in [5.74, 6) is -2.27. The molecule has 17 nitrogen and oxygen atoms in total. The molecule has 0 saturated carbocycles. The molecule has 1 aromatic heterocycles. The Hall–Kier alpha value is -5.91. The van der Waals surface area contributed by atoms with Crippen LogP contribution >= 0.6 is 0 Å². The van der Waals surface area contributed by atoms with E-state index in [1.54, 1.807) is 24.3 Å². The monoisotopic (exact) mass is 811 g/mol. The van der Waals surface area contributed by atoms with Gasteiger partial charge in [-0.05, 0) is 79.8 Å². The first-order valence-electron chi connectivity index (χ1n) is 19.5. The summed E-state index contributed by atoms with van der Waals surface area (Å²) < 4.78 is 23.8. The molecule has 3 aromatic rings. The molecule has 304 valence electrons. The number of benzene rings is 2. The van der Waals surface area contributed by atoms with Crippen molar-refractivity contribution in [2.24, 2.45) is 11.1 Å². The van der Waals surface area contributed by atoms with Gasteiger partial charge in [0, 0.05) is 70.1 Å². The predicted octanol–water partition coefficient (Wildman–Crippen LogP) is 1.64. The van der Waals surface area contributed by atoms with E-state index in [-0.39, 0.29) is 58.5 Å². The standard InChI is InChI=1S/C40H45N9O8S/c1-58(56,57)27-7-4-24(5-8-27)19-30-34(35(41)51)42-21-32(44-30)47-15-2-3-25(22-47)43-39(55)48-18-14-40(23-48)12-16-46(17-13-40)26-6-9-28-29(20-26)38(54)49(37(28)53)31-10-11-33(50)45-36(31)52/h4-9,20-21,25,31H,2-3,10-19,22-23H2,1H3,(H2,41,51)(H,43,55)(H,45,50,52)/t25-,31?/m1/s1. The zero-order chi connectivity index (χ0) is 40.9. The number of primary amides is 1. The topological polar surface area (TPSA) is 225 Å². The van der Waals surface area contributed by atoms with E-state index in [9.17, 15) is 37.2 Å². The number of carbonyl (C=O) groups excluding carboxylic acids is 6. The van der Waals surface area contributed by atoms with Crippen LogP contribution in [-0.4, -0.2) is 121 Å². The minimum atomic E-state index is -3.36. The molecule has 0 bridgehead atoms. The van der Waals surface area contributed by atoms with Crippen molar-refractivity contribution >= 4 is 56.9 Å². The van der Waals surface area contributed by atoms with Crippen LogP contribution in [0.4, 0.5) is 16.3 Å². The van der Waals surface area contributed by atoms with Gasteiger partial charge in [0.15, 0.2) is 9.84 Å². The van der Waals surface area contributed by atoms with Crippen LogP contribution in [-0.2, 0) is 25.8 Å². The van der Waals surface area contributed by atoms with Crippen molar-refractivity contribution < 1.29 is 37.2 Å². The number of sulfone groups is 1. The molecule has 58 heavy (non-hydrogen) atoms. The summed E-state index contributed by atoms with van der Waals surface area (Å²) in [4.78, 5) is 93.0. The second kappa shape index (κ2) is 15.1. The molecule has 6 heterocycles. The zero-order valence-electron chi connectivity index (χ0n) is 32.1. The normalized spacial score (nSPS) is 22.0. The summed E-state index contributed by atoms with van der Waals surface area (Å²) in [7, 11) is -3.36. The van der Waals surface area contributed by atoms with E-state index in [0.717, 1.165) is 54.5 Å². The number of nitrogens with one attached hydrogen (secondary N) is 2. The Labute approximate surface area is 335 Å². The van der Waals surface area contributed by atoms with E-state index in [1.165, 1.54) is 18.3 Å². The average molecular weight is 812 g/mol. The van der Waals surface area contributed by atoms with E-state index in [1.807, 2.05) is 15.9 Å². The van der Waals surface area contributed by atoms with Crippen molar-refractivity contribution in [3.63, 3.8) is 0 Å². The van der Waals surface area contributed by atoms with Crippen molar-refractivity contribution in [2.75, 3.05) is 55.3 Å². The van der Waals surface area contributed by atoms with Crippen LogP contribution in [0.15, 0.2) is 53.6 Å². The summed E-state index contributed by atoms with van der Waals surface area (Å²) in [6.45, 7) is 3.91. The van der Waals surface area contributed by atoms with Crippen molar-refractivity contribution in [3.05, 3.63) is 76.7 Å². The molecule has 0 aliphatic carbocycles. The smallest absolute Gasteiger partial charge is 0.317 e. The van der Waals surface area contributed by atoms with Crippen molar-refractivity contribution in [1.29, 1.82) is 0 Å². The number of fused-ring (bicyclic) bond motifs is 1. The van der Waals surface area contributed by atoms with Crippen LogP contribution in [0.25, 0.3) is 0 Å². The molecular weight excluding hydrogens is 767 g/mol. The fraction of sp³-hybridized carbons (Fsp3) is 0.450. The molecule has 4 fully saturated rings. The van der Waals surface area contributed by atoms with E-state index < -0.39 is 45.4 Å². The lowest BCUT2D eigenvalue weighted by molar-refractivity contribution is -0.136. The molecule has 2 aromatic carbocycles. The van der Waals surface area contributed by atoms with Gasteiger partial charge in [-0.3, -0.25) is 34.2 Å². The van der Waals surface area contributed by atoms with E-state index >= 15 is 0 Å². The molecular formula is C40H45N9O8S. The lowest BCUT2D eigenvalue weighted by Gasteiger charge is -2.40. The molecule has 0 radical (unpaired) electrons. The number of hydrogen-bond donors (Lipinski definition) is 3. The summed E-state index contributed by atoms with van der Waals surface area (Å²) in [6.07, 6.45) is 7.24. The third-order valence-electron chi connectivity index (χ3n) is 12.2. The van der Waals surface area contributed by atoms with Gasteiger partial charge in [0.1, 0.15) is 17.6 Å². The maximum Gasteiger partial charge on any atom is 0.317 e. The lowest BCUT2D eigenvalue weighted by Crippen LogP contribution is -2.54. The van der Waals surface area contributed by atoms with E-state index in [0.29, 0.717) is 50.8 Å². The van der Waals surface area contributed by atoms with Gasteiger partial charge in [-0.2, -0.15) is 0 Å². The highest BCUT2D eigenvalue weighted by molar-refractivity contribution is 7.90. The molecule has 18 heteroatoms. The average Bonchev–Trinajstić information content (AvgIpc) is 3.72. The zero-order valence-corrected chi connectivity index (χ0v) is 32.9. The fourth-order valence-corrected chi connectivity index (χ4v) is 9.56. The van der Waals surface area contributed by atoms with E-state index in [2.05, 4.69) is 20.5 Å². The number of carbonyl (C=O) groups is 6. The number of anilines is 2. The summed E-state index contributed by atoms with van der Waals surface area (Å²) in [5, 5.41) is 5.47. The van der Waals surface area contributed by atoms with Gasteiger partial charge < -0.3 is 25.8 Å². The second-order valence-corrected chi connectivity index (χ2v) is 18.1. The van der Waals surface area contributed by atoms with Crippen LogP contribution in [0.1, 0.15) is 87.4 Å². The SMILES string of the molecule is CS(=O)(=O)c1ccc(Cc2nc(N3CCC[C@@H](NC(=O)N4CCC5(CCN(c6ccc7c(c6)C(=O)N(C6CCC(=O)NC6=O)C7=O)CC5)C4)C3)cnc2C(N)=O)cc1. The number of urea groups is 1. The lowest BCUT2D eigenvalue weighted by atomic mass is 9.77. The maximum atomic E-state index is 13.6. The first-order valence-corrected chi connectivity index (χ1v) is 21.4. The number of nitrogens with zero attached hydrogens (tertiary/aromatic N) is 6. The highest BCUT2D eigenvalue weighted by Crippen LogP contribution is 2.42.